The summed E-state index contributed by atoms with van der Waals surface area (Å²) in [6.45, 7) is 2.48. The maximum Gasteiger partial charge on any atom is 0.319 e. The van der Waals surface area contributed by atoms with Crippen LogP contribution in [0.2, 0.25) is 0 Å². The highest BCUT2D eigenvalue weighted by atomic mass is 32.2. The summed E-state index contributed by atoms with van der Waals surface area (Å²) in [4.78, 5) is 10.2. The van der Waals surface area contributed by atoms with Gasteiger partial charge in [-0.1, -0.05) is 11.8 Å². The molecule has 2 nitrogen and oxygen atoms in total. The molecule has 0 aliphatic carbocycles. The van der Waals surface area contributed by atoms with Gasteiger partial charge in [0.15, 0.2) is 0 Å². The van der Waals surface area contributed by atoms with Gasteiger partial charge in [0.05, 0.1) is 0 Å². The first-order valence-electron chi connectivity index (χ1n) is 2.55. The zero-order chi connectivity index (χ0) is 8.36. The van der Waals surface area contributed by atoms with Crippen molar-refractivity contribution in [2.75, 3.05) is 0 Å². The molecule has 0 heterocycles. The quantitative estimate of drug-likeness (QED) is 0.701. The number of hydrogen-bond donors (Lipinski definition) is 1. The third-order valence-electron chi connectivity index (χ3n) is 0.899. The van der Waals surface area contributed by atoms with E-state index < -0.39 is 16.5 Å². The van der Waals surface area contributed by atoms with Gasteiger partial charge in [-0.25, -0.2) is 0 Å². The van der Waals surface area contributed by atoms with Gasteiger partial charge in [0.25, 0.3) is 5.76 Å². The van der Waals surface area contributed by atoms with Crippen molar-refractivity contribution in [3.8, 4) is 0 Å². The molecule has 0 rings (SSSR count). The summed E-state index contributed by atoms with van der Waals surface area (Å²) in [5, 5.41) is 8.34. The van der Waals surface area contributed by atoms with Gasteiger partial charge in [0.2, 0.25) is 0 Å². The Labute approximate surface area is 61.6 Å². The molecule has 0 aliphatic rings. The van der Waals surface area contributed by atoms with Crippen LogP contribution in [0.1, 0.15) is 13.8 Å². The molecule has 60 valence electrons. The lowest BCUT2D eigenvalue weighted by Gasteiger charge is -2.16. The fraction of sp³-hybridized carbons (Fsp3) is 0.800. The fourth-order valence-electron chi connectivity index (χ4n) is 0.273. The van der Waals surface area contributed by atoms with Gasteiger partial charge in [-0.05, 0) is 13.8 Å². The summed E-state index contributed by atoms with van der Waals surface area (Å²) in [6, 6.07) is 0. The summed E-state index contributed by atoms with van der Waals surface area (Å²) in [5.41, 5.74) is 0. The number of aliphatic carboxylic acids is 1. The van der Waals surface area contributed by atoms with Gasteiger partial charge in [-0.2, -0.15) is 8.78 Å². The maximum absolute atomic E-state index is 11.6. The number of carboxylic acid groups (broad SMARTS) is 1. The fourth-order valence-corrected chi connectivity index (χ4v) is 0.819. The number of carbonyl (C=O) groups is 1. The Balaban J connectivity index is 4.00. The van der Waals surface area contributed by atoms with Crippen LogP contribution < -0.4 is 0 Å². The predicted molar refractivity (Wildman–Crippen MR) is 35.3 cm³/mol. The Morgan fingerprint density at radius 3 is 2.10 bits per heavy atom. The molecule has 0 radical (unpaired) electrons. The molecule has 0 atom stereocenters. The summed E-state index contributed by atoms with van der Waals surface area (Å²) >= 11 is 0.132. The summed E-state index contributed by atoms with van der Waals surface area (Å²) in [7, 11) is 0. The van der Waals surface area contributed by atoms with Gasteiger partial charge in [0.1, 0.15) is 4.75 Å². The highest BCUT2D eigenvalue weighted by molar-refractivity contribution is 8.01. The molecular weight excluding hydrogens is 162 g/mol. The van der Waals surface area contributed by atoms with E-state index in [4.69, 9.17) is 5.11 Å². The highest BCUT2D eigenvalue weighted by Gasteiger charge is 2.31. The van der Waals surface area contributed by atoms with Crippen LogP contribution in [-0.4, -0.2) is 21.6 Å². The zero-order valence-corrected chi connectivity index (χ0v) is 6.41. The molecule has 0 aliphatic heterocycles. The van der Waals surface area contributed by atoms with Crippen LogP contribution in [0.4, 0.5) is 8.78 Å². The number of hydrogen-bond acceptors (Lipinski definition) is 2. The maximum atomic E-state index is 11.6. The Kier molecular flexibility index (Phi) is 3.08. The van der Waals surface area contributed by atoms with Crippen molar-refractivity contribution in [3.63, 3.8) is 0 Å². The first kappa shape index (κ1) is 9.68. The average Bonchev–Trinajstić information content (AvgIpc) is 1.60. The van der Waals surface area contributed by atoms with Crippen molar-refractivity contribution in [1.29, 1.82) is 0 Å². The number of halogens is 2. The highest BCUT2D eigenvalue weighted by Crippen LogP contribution is 2.30. The third kappa shape index (κ3) is 3.00. The Morgan fingerprint density at radius 1 is 1.60 bits per heavy atom. The lowest BCUT2D eigenvalue weighted by Crippen LogP contribution is -2.28. The first-order chi connectivity index (χ1) is 4.36. The van der Waals surface area contributed by atoms with Crippen LogP contribution in [0.15, 0.2) is 0 Å². The van der Waals surface area contributed by atoms with E-state index in [0.29, 0.717) is 0 Å². The van der Waals surface area contributed by atoms with E-state index in [2.05, 4.69) is 0 Å². The number of carboxylic acids is 1. The molecular formula is C5H8F2O2S. The third-order valence-corrected chi connectivity index (χ3v) is 1.84. The largest absolute Gasteiger partial charge is 0.480 e. The smallest absolute Gasteiger partial charge is 0.319 e. The van der Waals surface area contributed by atoms with Crippen molar-refractivity contribution >= 4 is 17.7 Å². The molecule has 0 saturated carbocycles. The second-order valence-corrected chi connectivity index (χ2v) is 3.81. The number of thioether (sulfide) groups is 1. The van der Waals surface area contributed by atoms with Crippen LogP contribution in [0.3, 0.4) is 0 Å². The minimum atomic E-state index is -2.63. The van der Waals surface area contributed by atoms with Crippen molar-refractivity contribution < 1.29 is 18.7 Å². The molecule has 10 heavy (non-hydrogen) atoms. The molecule has 0 unspecified atom stereocenters. The molecule has 0 saturated heterocycles. The molecule has 5 heteroatoms. The molecule has 0 spiro atoms. The Morgan fingerprint density at radius 2 is 2.00 bits per heavy atom. The Bertz CT molecular complexity index is 136. The van der Waals surface area contributed by atoms with Crippen LogP contribution >= 0.6 is 11.8 Å². The predicted octanol–water partition coefficient (Wildman–Crippen LogP) is 1.81. The van der Waals surface area contributed by atoms with Gasteiger partial charge >= 0.3 is 5.97 Å². The van der Waals surface area contributed by atoms with Crippen molar-refractivity contribution in [2.24, 2.45) is 0 Å². The van der Waals surface area contributed by atoms with E-state index in [-0.39, 0.29) is 11.8 Å². The number of rotatable bonds is 3. The normalized spacial score (nSPS) is 12.1. The Hall–Kier alpha value is -0.320. The summed E-state index contributed by atoms with van der Waals surface area (Å²) in [5.74, 6) is -3.86. The molecule has 0 aromatic carbocycles. The van der Waals surface area contributed by atoms with Gasteiger partial charge in [-0.15, -0.1) is 0 Å². The second kappa shape index (κ2) is 3.18. The van der Waals surface area contributed by atoms with Gasteiger partial charge in [-0.3, -0.25) is 4.79 Å². The molecule has 0 fully saturated rings. The summed E-state index contributed by atoms with van der Waals surface area (Å²) < 4.78 is 21.8. The van der Waals surface area contributed by atoms with E-state index >= 15 is 0 Å². The van der Waals surface area contributed by atoms with Gasteiger partial charge in [0, 0.05) is 0 Å². The van der Waals surface area contributed by atoms with Crippen molar-refractivity contribution in [3.05, 3.63) is 0 Å². The lowest BCUT2D eigenvalue weighted by atomic mass is 10.2. The van der Waals surface area contributed by atoms with Gasteiger partial charge < -0.3 is 5.11 Å². The molecule has 0 aromatic rings. The van der Waals surface area contributed by atoms with Crippen molar-refractivity contribution in [2.45, 2.75) is 24.4 Å². The van der Waals surface area contributed by atoms with Crippen molar-refractivity contribution in [1.82, 2.24) is 0 Å². The van der Waals surface area contributed by atoms with Crippen LogP contribution in [0.5, 0.6) is 0 Å². The number of alkyl halides is 2. The first-order valence-corrected chi connectivity index (χ1v) is 3.43. The molecule has 0 bridgehead atoms. The standard InChI is InChI=1S/C5H8F2O2S/c1-5(2,3(8)9)10-4(6)7/h4H,1-2H3,(H,8,9). The minimum absolute atomic E-state index is 0.132. The monoisotopic (exact) mass is 170 g/mol. The van der Waals surface area contributed by atoms with E-state index in [9.17, 15) is 13.6 Å². The van der Waals surface area contributed by atoms with E-state index in [0.717, 1.165) is 0 Å². The molecule has 0 amide bonds. The average molecular weight is 170 g/mol. The van der Waals surface area contributed by atoms with Crippen LogP contribution in [0.25, 0.3) is 0 Å². The second-order valence-electron chi connectivity index (χ2n) is 2.19. The SMILES string of the molecule is CC(C)(SC(F)F)C(=O)O. The molecule has 0 aromatic heterocycles. The molecule has 1 N–H and O–H groups in total. The van der Waals surface area contributed by atoms with E-state index in [1.807, 2.05) is 0 Å². The zero-order valence-electron chi connectivity index (χ0n) is 5.60. The topological polar surface area (TPSA) is 37.3 Å². The van der Waals surface area contributed by atoms with E-state index in [1.165, 1.54) is 13.8 Å². The van der Waals surface area contributed by atoms with E-state index in [1.54, 1.807) is 0 Å². The van der Waals surface area contributed by atoms with Crippen LogP contribution in [0, 0.1) is 0 Å². The minimum Gasteiger partial charge on any atom is -0.480 e. The summed E-state index contributed by atoms with van der Waals surface area (Å²) in [6.07, 6.45) is 0. The van der Waals surface area contributed by atoms with Crippen LogP contribution in [-0.2, 0) is 4.79 Å². The lowest BCUT2D eigenvalue weighted by molar-refractivity contribution is -0.139.